The van der Waals surface area contributed by atoms with Crippen molar-refractivity contribution in [3.63, 3.8) is 0 Å². The molecule has 0 aliphatic heterocycles. The Labute approximate surface area is 52.9 Å². The molecule has 0 saturated carbocycles. The van der Waals surface area contributed by atoms with Crippen molar-refractivity contribution >= 4 is 6.16 Å². The lowest BCUT2D eigenvalue weighted by Gasteiger charge is -2.05. The number of hydrogen-bond acceptors (Lipinski definition) is 2. The number of rotatable bonds is 1. The fraction of sp³-hybridized carbons (Fsp3) is 0.500. The normalized spacial score (nSPS) is 18.2. The lowest BCUT2D eigenvalue weighted by molar-refractivity contribution is 0.0569. The summed E-state index contributed by atoms with van der Waals surface area (Å²) >= 11 is 0. The quantitative estimate of drug-likeness (QED) is 0.429. The van der Waals surface area contributed by atoms with Gasteiger partial charge in [-0.15, -0.1) is 0 Å². The standard InChI is InChI=1S/C6H8O3/c7-6(8)9-5-3-1-2-4-5/h1-2,5H,3-4H2,(H,7,8). The molecule has 1 aliphatic carbocycles. The third-order valence-electron chi connectivity index (χ3n) is 1.23. The fourth-order valence-electron chi connectivity index (χ4n) is 0.831. The van der Waals surface area contributed by atoms with E-state index in [1.807, 2.05) is 12.2 Å². The van der Waals surface area contributed by atoms with Crippen LogP contribution >= 0.6 is 0 Å². The summed E-state index contributed by atoms with van der Waals surface area (Å²) < 4.78 is 4.47. The summed E-state index contributed by atoms with van der Waals surface area (Å²) in [6.07, 6.45) is 4.01. The lowest BCUT2D eigenvalue weighted by Crippen LogP contribution is -2.12. The first-order chi connectivity index (χ1) is 4.29. The van der Waals surface area contributed by atoms with Crippen molar-refractivity contribution in [2.75, 3.05) is 0 Å². The summed E-state index contributed by atoms with van der Waals surface area (Å²) in [4.78, 5) is 9.91. The first-order valence-corrected chi connectivity index (χ1v) is 2.83. The van der Waals surface area contributed by atoms with Crippen molar-refractivity contribution in [1.82, 2.24) is 0 Å². The van der Waals surface area contributed by atoms with Gasteiger partial charge in [-0.1, -0.05) is 12.2 Å². The molecule has 3 nitrogen and oxygen atoms in total. The molecule has 0 unspecified atom stereocenters. The molecule has 0 heterocycles. The van der Waals surface area contributed by atoms with Gasteiger partial charge < -0.3 is 9.84 Å². The minimum absolute atomic E-state index is 0.123. The maximum atomic E-state index is 9.91. The minimum atomic E-state index is -1.18. The Bertz CT molecular complexity index is 131. The van der Waals surface area contributed by atoms with Gasteiger partial charge in [0.2, 0.25) is 0 Å². The number of ether oxygens (including phenoxy) is 1. The van der Waals surface area contributed by atoms with E-state index in [2.05, 4.69) is 4.74 Å². The third kappa shape index (κ3) is 1.76. The molecule has 0 radical (unpaired) electrons. The van der Waals surface area contributed by atoms with Crippen molar-refractivity contribution < 1.29 is 14.6 Å². The van der Waals surface area contributed by atoms with E-state index in [0.29, 0.717) is 0 Å². The Morgan fingerprint density at radius 2 is 2.11 bits per heavy atom. The van der Waals surface area contributed by atoms with E-state index < -0.39 is 6.16 Å². The van der Waals surface area contributed by atoms with Crippen molar-refractivity contribution in [2.24, 2.45) is 0 Å². The van der Waals surface area contributed by atoms with Crippen LogP contribution in [0.1, 0.15) is 12.8 Å². The summed E-state index contributed by atoms with van der Waals surface area (Å²) in [6.45, 7) is 0. The van der Waals surface area contributed by atoms with E-state index in [4.69, 9.17) is 5.11 Å². The van der Waals surface area contributed by atoms with E-state index >= 15 is 0 Å². The van der Waals surface area contributed by atoms with Crippen LogP contribution in [-0.4, -0.2) is 17.4 Å². The van der Waals surface area contributed by atoms with Gasteiger partial charge in [-0.25, -0.2) is 4.79 Å². The van der Waals surface area contributed by atoms with Gasteiger partial charge in [-0.3, -0.25) is 0 Å². The van der Waals surface area contributed by atoms with Gasteiger partial charge >= 0.3 is 6.16 Å². The predicted molar refractivity (Wildman–Crippen MR) is 31.3 cm³/mol. The molecule has 0 spiro atoms. The highest BCUT2D eigenvalue weighted by Gasteiger charge is 2.13. The van der Waals surface area contributed by atoms with Crippen molar-refractivity contribution in [3.8, 4) is 0 Å². The van der Waals surface area contributed by atoms with E-state index in [9.17, 15) is 4.79 Å². The first kappa shape index (κ1) is 6.13. The van der Waals surface area contributed by atoms with Crippen LogP contribution in [0.3, 0.4) is 0 Å². The van der Waals surface area contributed by atoms with Crippen LogP contribution in [0.2, 0.25) is 0 Å². The smallest absolute Gasteiger partial charge is 0.450 e. The Balaban J connectivity index is 2.22. The van der Waals surface area contributed by atoms with Crippen molar-refractivity contribution in [3.05, 3.63) is 12.2 Å². The minimum Gasteiger partial charge on any atom is -0.450 e. The van der Waals surface area contributed by atoms with E-state index in [1.54, 1.807) is 0 Å². The van der Waals surface area contributed by atoms with E-state index in [-0.39, 0.29) is 6.10 Å². The van der Waals surface area contributed by atoms with Crippen LogP contribution in [0, 0.1) is 0 Å². The fourth-order valence-corrected chi connectivity index (χ4v) is 0.831. The van der Waals surface area contributed by atoms with Crippen LogP contribution in [0.25, 0.3) is 0 Å². The molecule has 1 N–H and O–H groups in total. The van der Waals surface area contributed by atoms with Crippen molar-refractivity contribution in [1.29, 1.82) is 0 Å². The number of carboxylic acid groups (broad SMARTS) is 1. The van der Waals surface area contributed by atoms with E-state index in [0.717, 1.165) is 12.8 Å². The predicted octanol–water partition coefficient (Wildman–Crippen LogP) is 1.40. The Morgan fingerprint density at radius 1 is 1.56 bits per heavy atom. The maximum Gasteiger partial charge on any atom is 0.506 e. The van der Waals surface area contributed by atoms with Crippen LogP contribution in [0.15, 0.2) is 12.2 Å². The van der Waals surface area contributed by atoms with Gasteiger partial charge in [0.1, 0.15) is 6.10 Å². The third-order valence-corrected chi connectivity index (χ3v) is 1.23. The van der Waals surface area contributed by atoms with Gasteiger partial charge in [-0.2, -0.15) is 0 Å². The van der Waals surface area contributed by atoms with Gasteiger partial charge in [0.15, 0.2) is 0 Å². The second-order valence-electron chi connectivity index (χ2n) is 1.95. The molecule has 1 rings (SSSR count). The topological polar surface area (TPSA) is 46.5 Å². The molecule has 0 amide bonds. The van der Waals surface area contributed by atoms with E-state index in [1.165, 1.54) is 0 Å². The van der Waals surface area contributed by atoms with Gasteiger partial charge in [0, 0.05) is 12.8 Å². The summed E-state index contributed by atoms with van der Waals surface area (Å²) in [5.74, 6) is 0. The van der Waals surface area contributed by atoms with Gasteiger partial charge in [0.05, 0.1) is 0 Å². The molecule has 0 atom stereocenters. The average Bonchev–Trinajstić information content (AvgIpc) is 2.15. The molecule has 9 heavy (non-hydrogen) atoms. The maximum absolute atomic E-state index is 9.91. The monoisotopic (exact) mass is 128 g/mol. The highest BCUT2D eigenvalue weighted by atomic mass is 16.7. The molecule has 0 saturated heterocycles. The second kappa shape index (κ2) is 2.53. The van der Waals surface area contributed by atoms with Gasteiger partial charge in [-0.05, 0) is 0 Å². The second-order valence-corrected chi connectivity index (χ2v) is 1.95. The zero-order valence-electron chi connectivity index (χ0n) is 4.91. The molecule has 0 aromatic heterocycles. The zero-order valence-corrected chi connectivity index (χ0v) is 4.91. The molecule has 0 aromatic rings. The molecule has 0 bridgehead atoms. The molecular formula is C6H8O3. The summed E-state index contributed by atoms with van der Waals surface area (Å²) in [7, 11) is 0. The number of carbonyl (C=O) groups is 1. The van der Waals surface area contributed by atoms with Gasteiger partial charge in [0.25, 0.3) is 0 Å². The Morgan fingerprint density at radius 3 is 2.56 bits per heavy atom. The highest BCUT2D eigenvalue weighted by Crippen LogP contribution is 2.12. The molecular weight excluding hydrogens is 120 g/mol. The molecule has 3 heteroatoms. The Hall–Kier alpha value is -0.990. The van der Waals surface area contributed by atoms with Crippen molar-refractivity contribution in [2.45, 2.75) is 18.9 Å². The molecule has 0 fully saturated rings. The highest BCUT2D eigenvalue weighted by molar-refractivity contribution is 5.57. The summed E-state index contributed by atoms with van der Waals surface area (Å²) in [5, 5.41) is 8.12. The molecule has 1 aliphatic rings. The SMILES string of the molecule is O=C(O)OC1CC=CC1. The summed E-state index contributed by atoms with van der Waals surface area (Å²) in [6, 6.07) is 0. The molecule has 0 aromatic carbocycles. The van der Waals surface area contributed by atoms with Crippen LogP contribution in [-0.2, 0) is 4.74 Å². The Kier molecular flexibility index (Phi) is 1.72. The molecule has 50 valence electrons. The van der Waals surface area contributed by atoms with Crippen LogP contribution in [0.5, 0.6) is 0 Å². The summed E-state index contributed by atoms with van der Waals surface area (Å²) in [5.41, 5.74) is 0. The first-order valence-electron chi connectivity index (χ1n) is 2.83. The average molecular weight is 128 g/mol. The number of hydrogen-bond donors (Lipinski definition) is 1. The van der Waals surface area contributed by atoms with Crippen LogP contribution < -0.4 is 0 Å². The lowest BCUT2D eigenvalue weighted by atomic mass is 10.3. The van der Waals surface area contributed by atoms with Crippen LogP contribution in [0.4, 0.5) is 4.79 Å². The zero-order chi connectivity index (χ0) is 6.69. The largest absolute Gasteiger partial charge is 0.506 e.